The number of hydrogen-bond acceptors (Lipinski definition) is 4. The van der Waals surface area contributed by atoms with Crippen LogP contribution in [-0.4, -0.2) is 60.1 Å². The molecular weight excluding hydrogens is 290 g/mol. The molecule has 0 bridgehead atoms. The molecule has 0 aliphatic carbocycles. The molecule has 5 heteroatoms. The predicted octanol–water partition coefficient (Wildman–Crippen LogP) is 1.06. The van der Waals surface area contributed by atoms with Gasteiger partial charge in [-0.3, -0.25) is 4.79 Å². The number of aliphatic hydroxyl groups excluding tert-OH is 1. The van der Waals surface area contributed by atoms with Crippen molar-refractivity contribution < 1.29 is 9.90 Å². The molecule has 0 saturated carbocycles. The lowest BCUT2D eigenvalue weighted by molar-refractivity contribution is -0.0601. The van der Waals surface area contributed by atoms with E-state index in [0.29, 0.717) is 13.1 Å². The molecule has 1 amide bonds. The van der Waals surface area contributed by atoms with Gasteiger partial charge in [-0.1, -0.05) is 12.1 Å². The summed E-state index contributed by atoms with van der Waals surface area (Å²) >= 11 is 0. The lowest BCUT2D eigenvalue weighted by atomic mass is 9.69. The van der Waals surface area contributed by atoms with Crippen LogP contribution in [0.1, 0.15) is 35.2 Å². The van der Waals surface area contributed by atoms with Gasteiger partial charge in [-0.2, -0.15) is 0 Å². The Hall–Kier alpha value is -1.43. The molecule has 1 aromatic carbocycles. The van der Waals surface area contributed by atoms with Gasteiger partial charge in [0.1, 0.15) is 0 Å². The molecule has 23 heavy (non-hydrogen) atoms. The van der Waals surface area contributed by atoms with E-state index < -0.39 is 0 Å². The van der Waals surface area contributed by atoms with Crippen LogP contribution in [0.25, 0.3) is 0 Å². The Balaban J connectivity index is 1.75. The summed E-state index contributed by atoms with van der Waals surface area (Å²) in [6, 6.07) is 7.82. The number of rotatable bonds is 3. The lowest BCUT2D eigenvalue weighted by Gasteiger charge is -2.53. The number of nitrogens with zero attached hydrogens (tertiary/aromatic N) is 2. The van der Waals surface area contributed by atoms with E-state index in [1.54, 1.807) is 0 Å². The fourth-order valence-corrected chi connectivity index (χ4v) is 4.17. The predicted molar refractivity (Wildman–Crippen MR) is 90.0 cm³/mol. The van der Waals surface area contributed by atoms with Gasteiger partial charge in [-0.25, -0.2) is 0 Å². The molecular formula is C18H27N3O2. The first-order chi connectivity index (χ1) is 11.1. The molecule has 0 unspecified atom stereocenters. The molecule has 1 aromatic rings. The van der Waals surface area contributed by atoms with Crippen LogP contribution in [0.4, 0.5) is 0 Å². The van der Waals surface area contributed by atoms with Crippen molar-refractivity contribution in [2.24, 2.45) is 11.1 Å². The highest BCUT2D eigenvalue weighted by Gasteiger charge is 2.47. The first-order valence-electron chi connectivity index (χ1n) is 8.49. The molecule has 5 nitrogen and oxygen atoms in total. The highest BCUT2D eigenvalue weighted by Crippen LogP contribution is 2.41. The summed E-state index contributed by atoms with van der Waals surface area (Å²) in [5.74, 6) is 0.0825. The largest absolute Gasteiger partial charge is 0.396 e. The second-order valence-corrected chi connectivity index (χ2v) is 7.02. The molecule has 126 valence electrons. The fourth-order valence-electron chi connectivity index (χ4n) is 4.17. The van der Waals surface area contributed by atoms with Crippen LogP contribution in [0, 0.1) is 5.41 Å². The number of piperidine rings is 2. The Labute approximate surface area is 138 Å². The maximum Gasteiger partial charge on any atom is 0.253 e. The second-order valence-electron chi connectivity index (χ2n) is 7.02. The number of likely N-dealkylation sites (N-methyl/N-ethyl adjacent to an activating group) is 1. The van der Waals surface area contributed by atoms with Crippen molar-refractivity contribution >= 4 is 5.91 Å². The van der Waals surface area contributed by atoms with Crippen LogP contribution >= 0.6 is 0 Å². The summed E-state index contributed by atoms with van der Waals surface area (Å²) in [6.07, 6.45) is 3.07. The summed E-state index contributed by atoms with van der Waals surface area (Å²) in [7, 11) is 2.11. The number of hydrogen-bond donors (Lipinski definition) is 2. The van der Waals surface area contributed by atoms with E-state index in [9.17, 15) is 9.90 Å². The quantitative estimate of drug-likeness (QED) is 0.875. The van der Waals surface area contributed by atoms with Gasteiger partial charge in [0.05, 0.1) is 6.61 Å². The maximum absolute atomic E-state index is 12.8. The Morgan fingerprint density at radius 2 is 2.04 bits per heavy atom. The maximum atomic E-state index is 12.8. The molecule has 0 aromatic heterocycles. The number of fused-ring (bicyclic) bond motifs is 1. The number of benzene rings is 1. The van der Waals surface area contributed by atoms with E-state index in [4.69, 9.17) is 5.73 Å². The molecule has 2 atom stereocenters. The highest BCUT2D eigenvalue weighted by atomic mass is 16.3. The van der Waals surface area contributed by atoms with Crippen molar-refractivity contribution in [2.45, 2.75) is 31.8 Å². The van der Waals surface area contributed by atoms with E-state index in [1.807, 2.05) is 29.2 Å². The van der Waals surface area contributed by atoms with Gasteiger partial charge in [-0.05, 0) is 50.6 Å². The zero-order chi connectivity index (χ0) is 16.4. The first kappa shape index (κ1) is 16.4. The minimum Gasteiger partial charge on any atom is -0.396 e. The van der Waals surface area contributed by atoms with Crippen molar-refractivity contribution in [3.63, 3.8) is 0 Å². The standard InChI is InChI=1S/C18H27N3O2/c1-20-9-2-7-18(13-22)8-10-21(12-16(18)20)17(23)15-5-3-14(11-19)4-6-15/h3-6,16,22H,2,7-13,19H2,1H3/t16-,18-/m1/s1. The number of nitrogens with two attached hydrogens (primary N) is 1. The van der Waals surface area contributed by atoms with E-state index in [-0.39, 0.29) is 24.0 Å². The first-order valence-corrected chi connectivity index (χ1v) is 8.49. The normalized spacial score (nSPS) is 28.5. The molecule has 2 aliphatic heterocycles. The number of amides is 1. The average molecular weight is 317 g/mol. The van der Waals surface area contributed by atoms with Crippen LogP contribution < -0.4 is 5.73 Å². The monoisotopic (exact) mass is 317 g/mol. The fraction of sp³-hybridized carbons (Fsp3) is 0.611. The molecule has 2 saturated heterocycles. The third-order valence-corrected chi connectivity index (χ3v) is 5.74. The Kier molecular flexibility index (Phi) is 4.71. The zero-order valence-electron chi connectivity index (χ0n) is 13.9. The molecule has 3 rings (SSSR count). The van der Waals surface area contributed by atoms with Crippen LogP contribution in [0.3, 0.4) is 0 Å². The molecule has 2 heterocycles. The molecule has 0 spiro atoms. The van der Waals surface area contributed by atoms with Crippen molar-refractivity contribution in [1.82, 2.24) is 9.80 Å². The van der Waals surface area contributed by atoms with Crippen molar-refractivity contribution in [1.29, 1.82) is 0 Å². The highest BCUT2D eigenvalue weighted by molar-refractivity contribution is 5.94. The number of aliphatic hydroxyl groups is 1. The van der Waals surface area contributed by atoms with Crippen LogP contribution in [0.15, 0.2) is 24.3 Å². The number of carbonyl (C=O) groups is 1. The summed E-state index contributed by atoms with van der Waals surface area (Å²) in [5, 5.41) is 9.95. The van der Waals surface area contributed by atoms with E-state index >= 15 is 0 Å². The van der Waals surface area contributed by atoms with E-state index in [2.05, 4.69) is 11.9 Å². The van der Waals surface area contributed by atoms with Gasteiger partial charge in [0, 0.05) is 36.7 Å². The van der Waals surface area contributed by atoms with Gasteiger partial charge < -0.3 is 20.6 Å². The third-order valence-electron chi connectivity index (χ3n) is 5.74. The number of carbonyl (C=O) groups excluding carboxylic acids is 1. The van der Waals surface area contributed by atoms with Crippen LogP contribution in [0.2, 0.25) is 0 Å². The summed E-state index contributed by atoms with van der Waals surface area (Å²) in [5.41, 5.74) is 7.33. The Morgan fingerprint density at radius 3 is 2.70 bits per heavy atom. The summed E-state index contributed by atoms with van der Waals surface area (Å²) in [4.78, 5) is 17.0. The van der Waals surface area contributed by atoms with Gasteiger partial charge in [0.2, 0.25) is 0 Å². The van der Waals surface area contributed by atoms with E-state index in [0.717, 1.165) is 43.5 Å². The number of likely N-dealkylation sites (tertiary alicyclic amines) is 2. The Morgan fingerprint density at radius 1 is 1.30 bits per heavy atom. The smallest absolute Gasteiger partial charge is 0.253 e. The SMILES string of the molecule is CN1CCC[C@]2(CO)CCN(C(=O)c3ccc(CN)cc3)C[C@@H]12. The minimum absolute atomic E-state index is 0.0345. The third kappa shape index (κ3) is 3.01. The average Bonchev–Trinajstić information content (AvgIpc) is 2.61. The lowest BCUT2D eigenvalue weighted by Crippen LogP contribution is -2.62. The van der Waals surface area contributed by atoms with Crippen molar-refractivity contribution in [3.05, 3.63) is 35.4 Å². The molecule has 3 N–H and O–H groups in total. The van der Waals surface area contributed by atoms with Gasteiger partial charge >= 0.3 is 0 Å². The molecule has 2 fully saturated rings. The van der Waals surface area contributed by atoms with Crippen LogP contribution in [-0.2, 0) is 6.54 Å². The van der Waals surface area contributed by atoms with Gasteiger partial charge in [0.15, 0.2) is 0 Å². The Bertz CT molecular complexity index is 560. The van der Waals surface area contributed by atoms with Gasteiger partial charge in [-0.15, -0.1) is 0 Å². The topological polar surface area (TPSA) is 69.8 Å². The summed E-state index contributed by atoms with van der Waals surface area (Å²) < 4.78 is 0. The second kappa shape index (κ2) is 6.59. The van der Waals surface area contributed by atoms with Gasteiger partial charge in [0.25, 0.3) is 5.91 Å². The minimum atomic E-state index is -0.0345. The van der Waals surface area contributed by atoms with Crippen molar-refractivity contribution in [3.8, 4) is 0 Å². The molecule has 0 radical (unpaired) electrons. The van der Waals surface area contributed by atoms with Crippen molar-refractivity contribution in [2.75, 3.05) is 33.3 Å². The summed E-state index contributed by atoms with van der Waals surface area (Å²) in [6.45, 7) is 3.18. The van der Waals surface area contributed by atoms with E-state index in [1.165, 1.54) is 0 Å². The molecule has 2 aliphatic rings. The zero-order valence-corrected chi connectivity index (χ0v) is 13.9. The van der Waals surface area contributed by atoms with Crippen LogP contribution in [0.5, 0.6) is 0 Å².